The number of hydrogen-bond acceptors (Lipinski definition) is 6. The SMILES string of the molecule is Cn1nc(NC(=O)OCC2c3ccccc3-c3ccccc32)cc1C(=O)N1C[C@H](O)C[C@@H]1C(=O)O. The maximum Gasteiger partial charge on any atom is 0.412 e. The molecule has 0 saturated carbocycles. The summed E-state index contributed by atoms with van der Waals surface area (Å²) in [5, 5.41) is 25.9. The van der Waals surface area contributed by atoms with E-state index in [2.05, 4.69) is 22.5 Å². The molecule has 1 aliphatic carbocycles. The number of nitrogens with zero attached hydrogens (tertiary/aromatic N) is 3. The number of aliphatic hydroxyl groups is 1. The van der Waals surface area contributed by atoms with E-state index >= 15 is 0 Å². The molecule has 5 rings (SSSR count). The minimum atomic E-state index is -1.19. The van der Waals surface area contributed by atoms with Gasteiger partial charge < -0.3 is 19.8 Å². The minimum Gasteiger partial charge on any atom is -0.480 e. The highest BCUT2D eigenvalue weighted by atomic mass is 16.5. The van der Waals surface area contributed by atoms with Crippen LogP contribution in [0.4, 0.5) is 10.6 Å². The van der Waals surface area contributed by atoms with Crippen LogP contribution in [0.2, 0.25) is 0 Å². The maximum atomic E-state index is 12.9. The van der Waals surface area contributed by atoms with Gasteiger partial charge >= 0.3 is 12.1 Å². The number of carboxylic acids is 1. The molecule has 2 heterocycles. The lowest BCUT2D eigenvalue weighted by Crippen LogP contribution is -2.41. The number of carboxylic acid groups (broad SMARTS) is 1. The summed E-state index contributed by atoms with van der Waals surface area (Å²) in [5.41, 5.74) is 4.51. The Morgan fingerprint density at radius 2 is 1.71 bits per heavy atom. The van der Waals surface area contributed by atoms with E-state index in [0.29, 0.717) is 0 Å². The number of ether oxygens (including phenoxy) is 1. The first-order chi connectivity index (χ1) is 16.8. The standard InChI is InChI=1S/C25H24N4O6/c1-28-20(23(31)29-12-14(30)10-21(29)24(32)33)11-22(27-28)26-25(34)35-13-19-17-8-4-2-6-15(17)16-7-3-5-9-18(16)19/h2-9,11,14,19,21,30H,10,12-13H2,1H3,(H,32,33)(H,26,27,34)/t14-,21-/m1/s1. The van der Waals surface area contributed by atoms with Crippen LogP contribution >= 0.6 is 0 Å². The fourth-order valence-electron chi connectivity index (χ4n) is 4.89. The number of carbonyl (C=O) groups is 3. The quantitative estimate of drug-likeness (QED) is 0.515. The van der Waals surface area contributed by atoms with Crippen LogP contribution in [0.25, 0.3) is 11.1 Å². The van der Waals surface area contributed by atoms with E-state index < -0.39 is 30.1 Å². The summed E-state index contributed by atoms with van der Waals surface area (Å²) < 4.78 is 6.77. The highest BCUT2D eigenvalue weighted by Crippen LogP contribution is 2.44. The van der Waals surface area contributed by atoms with E-state index in [4.69, 9.17) is 4.74 Å². The summed E-state index contributed by atoms with van der Waals surface area (Å²) in [6, 6.07) is 16.3. The zero-order valence-electron chi connectivity index (χ0n) is 18.9. The van der Waals surface area contributed by atoms with Crippen LogP contribution in [0, 0.1) is 0 Å². The van der Waals surface area contributed by atoms with Gasteiger partial charge in [0.15, 0.2) is 5.82 Å². The number of likely N-dealkylation sites (tertiary alicyclic amines) is 1. The zero-order chi connectivity index (χ0) is 24.7. The van der Waals surface area contributed by atoms with Crippen LogP contribution in [-0.4, -0.2) is 68.2 Å². The molecule has 0 radical (unpaired) electrons. The Kier molecular flexibility index (Phi) is 5.73. The Bertz CT molecular complexity index is 1270. The topological polar surface area (TPSA) is 134 Å². The van der Waals surface area contributed by atoms with Gasteiger partial charge in [-0.3, -0.25) is 14.8 Å². The lowest BCUT2D eigenvalue weighted by atomic mass is 9.98. The number of aromatic nitrogens is 2. The van der Waals surface area contributed by atoms with Gasteiger partial charge in [-0.25, -0.2) is 9.59 Å². The Labute approximate surface area is 200 Å². The molecule has 35 heavy (non-hydrogen) atoms. The summed E-state index contributed by atoms with van der Waals surface area (Å²) in [5.74, 6) is -1.78. The molecular weight excluding hydrogens is 452 g/mol. The van der Waals surface area contributed by atoms with Crippen molar-refractivity contribution in [3.05, 3.63) is 71.4 Å². The molecule has 1 fully saturated rings. The summed E-state index contributed by atoms with van der Waals surface area (Å²) in [6.45, 7) is 0.0422. The second kappa shape index (κ2) is 8.88. The van der Waals surface area contributed by atoms with Crippen LogP contribution in [0.1, 0.15) is 34.0 Å². The Hall–Kier alpha value is -4.18. The number of aliphatic carboxylic acids is 1. The Morgan fingerprint density at radius 1 is 1.09 bits per heavy atom. The summed E-state index contributed by atoms with van der Waals surface area (Å²) >= 11 is 0. The number of aryl methyl sites for hydroxylation is 1. The molecular formula is C25H24N4O6. The predicted octanol–water partition coefficient (Wildman–Crippen LogP) is 2.44. The van der Waals surface area contributed by atoms with Gasteiger partial charge in [-0.05, 0) is 22.3 Å². The second-order valence-electron chi connectivity index (χ2n) is 8.69. The molecule has 0 unspecified atom stereocenters. The number of aliphatic hydroxyl groups excluding tert-OH is 1. The first-order valence-electron chi connectivity index (χ1n) is 11.2. The molecule has 1 aliphatic heterocycles. The molecule has 10 nitrogen and oxygen atoms in total. The van der Waals surface area contributed by atoms with Gasteiger partial charge in [0.2, 0.25) is 0 Å². The summed E-state index contributed by atoms with van der Waals surface area (Å²) in [4.78, 5) is 38.0. The molecule has 2 atom stereocenters. The van der Waals surface area contributed by atoms with E-state index in [0.717, 1.165) is 27.2 Å². The van der Waals surface area contributed by atoms with E-state index in [9.17, 15) is 24.6 Å². The number of amides is 2. The number of nitrogens with one attached hydrogen (secondary N) is 1. The smallest absolute Gasteiger partial charge is 0.412 e. The average molecular weight is 476 g/mol. The predicted molar refractivity (Wildman–Crippen MR) is 125 cm³/mol. The van der Waals surface area contributed by atoms with Crippen molar-refractivity contribution in [2.45, 2.75) is 24.5 Å². The second-order valence-corrected chi connectivity index (χ2v) is 8.69. The van der Waals surface area contributed by atoms with E-state index in [1.165, 1.54) is 17.8 Å². The largest absolute Gasteiger partial charge is 0.480 e. The first-order valence-corrected chi connectivity index (χ1v) is 11.2. The molecule has 0 spiro atoms. The Morgan fingerprint density at radius 3 is 2.34 bits per heavy atom. The molecule has 2 aliphatic rings. The van der Waals surface area contributed by atoms with Crippen LogP contribution in [0.5, 0.6) is 0 Å². The summed E-state index contributed by atoms with van der Waals surface area (Å²) in [7, 11) is 1.51. The molecule has 2 amide bonds. The number of hydrogen-bond donors (Lipinski definition) is 3. The fraction of sp³-hybridized carbons (Fsp3) is 0.280. The van der Waals surface area contributed by atoms with Crippen LogP contribution in [0.3, 0.4) is 0 Å². The number of anilines is 1. The van der Waals surface area contributed by atoms with Crippen molar-refractivity contribution in [3.63, 3.8) is 0 Å². The number of carbonyl (C=O) groups excluding carboxylic acids is 2. The Balaban J connectivity index is 1.26. The van der Waals surface area contributed by atoms with Gasteiger partial charge in [-0.2, -0.15) is 5.10 Å². The van der Waals surface area contributed by atoms with Gasteiger partial charge in [0, 0.05) is 32.0 Å². The zero-order valence-corrected chi connectivity index (χ0v) is 18.9. The van der Waals surface area contributed by atoms with Crippen molar-refractivity contribution in [3.8, 4) is 11.1 Å². The molecule has 3 aromatic rings. The lowest BCUT2D eigenvalue weighted by molar-refractivity contribution is -0.141. The monoisotopic (exact) mass is 476 g/mol. The van der Waals surface area contributed by atoms with Crippen molar-refractivity contribution >= 4 is 23.8 Å². The van der Waals surface area contributed by atoms with Crippen molar-refractivity contribution in [2.75, 3.05) is 18.5 Å². The van der Waals surface area contributed by atoms with Gasteiger partial charge in [0.05, 0.1) is 6.10 Å². The molecule has 0 bridgehead atoms. The van der Waals surface area contributed by atoms with Gasteiger partial charge in [-0.15, -0.1) is 0 Å². The van der Waals surface area contributed by atoms with Crippen molar-refractivity contribution in [1.29, 1.82) is 0 Å². The number of β-amino-alcohol motifs (C(OH)–C–C–N with tert-alkyl or cyclic N) is 1. The van der Waals surface area contributed by atoms with Gasteiger partial charge in [-0.1, -0.05) is 48.5 Å². The molecule has 1 aromatic heterocycles. The molecule has 1 saturated heterocycles. The third-order valence-electron chi connectivity index (χ3n) is 6.50. The highest BCUT2D eigenvalue weighted by molar-refractivity contribution is 5.97. The van der Waals surface area contributed by atoms with E-state index in [1.807, 2.05) is 36.4 Å². The van der Waals surface area contributed by atoms with Crippen molar-refractivity contribution < 1.29 is 29.3 Å². The van der Waals surface area contributed by atoms with Crippen molar-refractivity contribution in [1.82, 2.24) is 14.7 Å². The summed E-state index contributed by atoms with van der Waals surface area (Å²) in [6.07, 6.45) is -1.67. The van der Waals surface area contributed by atoms with Crippen LogP contribution < -0.4 is 5.32 Å². The van der Waals surface area contributed by atoms with Crippen LogP contribution in [-0.2, 0) is 16.6 Å². The number of fused-ring (bicyclic) bond motifs is 3. The third-order valence-corrected chi connectivity index (χ3v) is 6.50. The number of rotatable bonds is 5. The lowest BCUT2D eigenvalue weighted by Gasteiger charge is -2.20. The maximum absolute atomic E-state index is 12.9. The van der Waals surface area contributed by atoms with Gasteiger partial charge in [0.25, 0.3) is 5.91 Å². The minimum absolute atomic E-state index is 0.0379. The molecule has 2 aromatic carbocycles. The highest BCUT2D eigenvalue weighted by Gasteiger charge is 2.40. The van der Waals surface area contributed by atoms with E-state index in [1.54, 1.807) is 0 Å². The molecule has 10 heteroatoms. The fourth-order valence-corrected chi connectivity index (χ4v) is 4.89. The molecule has 180 valence electrons. The van der Waals surface area contributed by atoms with Crippen LogP contribution in [0.15, 0.2) is 54.6 Å². The van der Waals surface area contributed by atoms with Gasteiger partial charge in [0.1, 0.15) is 18.3 Å². The average Bonchev–Trinajstić information content (AvgIpc) is 3.50. The number of benzene rings is 2. The van der Waals surface area contributed by atoms with E-state index in [-0.39, 0.29) is 37.0 Å². The normalized spacial score (nSPS) is 18.7. The first kappa shape index (κ1) is 22.6. The van der Waals surface area contributed by atoms with Crippen molar-refractivity contribution in [2.24, 2.45) is 7.05 Å². The molecule has 3 N–H and O–H groups in total. The third kappa shape index (κ3) is 4.12.